The Morgan fingerprint density at radius 2 is 0.372 bits per heavy atom. The predicted molar refractivity (Wildman–Crippen MR) is 275 cm³/mol. The molecule has 0 rings (SSSR count). The van der Waals surface area contributed by atoms with Crippen molar-refractivity contribution in [2.24, 2.45) is 0 Å². The van der Waals surface area contributed by atoms with Crippen molar-refractivity contribution in [2.75, 3.05) is 158 Å². The summed E-state index contributed by atoms with van der Waals surface area (Å²) in [7, 11) is 0. The molecule has 0 aliphatic rings. The average molecular weight is 1260 g/mol. The number of hydrogen-bond acceptors (Lipinski definition) is 32. The third kappa shape index (κ3) is 40.7. The SMILES string of the molecule is O=C(NCC(CNC(=O)OCCOC(=O)NC(CO)CO)OC(=O)NCC(CNC(=O)OC(CNC(=O)OCCOC(=O)NC(CO)CO)CNC(=O)OCCOC(=O)NC(CO)CO)OC(=O)NC(CO)CO)OCCOC(=O)NC(CO)CO. The first-order valence-electron chi connectivity index (χ1n) is 25.5. The molecule has 0 spiro atoms. The molecule has 0 aliphatic heterocycles. The minimum Gasteiger partial charge on any atom is -0.446 e. The van der Waals surface area contributed by atoms with Crippen molar-refractivity contribution in [1.29, 1.82) is 0 Å². The number of alkyl carbamates (subject to hydrolysis) is 11. The first-order chi connectivity index (χ1) is 41.2. The Balaban J connectivity index is 6.10. The van der Waals surface area contributed by atoms with E-state index in [4.69, 9.17) is 93.0 Å². The van der Waals surface area contributed by atoms with Crippen molar-refractivity contribution >= 4 is 67.0 Å². The first-order valence-corrected chi connectivity index (χ1v) is 25.5. The van der Waals surface area contributed by atoms with Gasteiger partial charge in [-0.05, 0) is 0 Å². The molecule has 0 aromatic carbocycles. The Morgan fingerprint density at radius 3 is 0.558 bits per heavy atom. The summed E-state index contributed by atoms with van der Waals surface area (Å²) in [5.41, 5.74) is 0. The molecule has 496 valence electrons. The molecule has 0 saturated carbocycles. The second-order valence-electron chi connectivity index (χ2n) is 16.5. The van der Waals surface area contributed by atoms with E-state index in [1.54, 1.807) is 0 Å². The second-order valence-corrected chi connectivity index (χ2v) is 16.5. The normalized spacial score (nSPS) is 10.8. The summed E-state index contributed by atoms with van der Waals surface area (Å²) in [5.74, 6) is 0. The molecule has 21 N–H and O–H groups in total. The lowest BCUT2D eigenvalue weighted by molar-refractivity contribution is 0.0625. The zero-order valence-electron chi connectivity index (χ0n) is 46.0. The van der Waals surface area contributed by atoms with E-state index in [2.05, 4.69) is 58.5 Å². The summed E-state index contributed by atoms with van der Waals surface area (Å²) in [6.07, 6.45) is -17.7. The quantitative estimate of drug-likeness (QED) is 0.0199. The molecular formula is C43H77N11O32. The van der Waals surface area contributed by atoms with Crippen molar-refractivity contribution in [1.82, 2.24) is 58.5 Å². The number of aliphatic hydroxyl groups is 10. The van der Waals surface area contributed by atoms with Crippen LogP contribution in [0.2, 0.25) is 0 Å². The van der Waals surface area contributed by atoms with E-state index in [-0.39, 0.29) is 0 Å². The van der Waals surface area contributed by atoms with Crippen LogP contribution in [0.15, 0.2) is 0 Å². The molecule has 11 amide bonds. The van der Waals surface area contributed by atoms with Gasteiger partial charge in [0.2, 0.25) is 0 Å². The van der Waals surface area contributed by atoms with Crippen LogP contribution in [0.3, 0.4) is 0 Å². The molecule has 0 aliphatic carbocycles. The van der Waals surface area contributed by atoms with Crippen LogP contribution >= 0.6 is 0 Å². The molecule has 43 heteroatoms. The van der Waals surface area contributed by atoms with E-state index in [1.165, 1.54) is 0 Å². The van der Waals surface area contributed by atoms with Gasteiger partial charge in [0.25, 0.3) is 0 Å². The zero-order valence-corrected chi connectivity index (χ0v) is 46.0. The van der Waals surface area contributed by atoms with Gasteiger partial charge >= 0.3 is 67.0 Å². The predicted octanol–water partition coefficient (Wildman–Crippen LogP) is -9.15. The lowest BCUT2D eigenvalue weighted by Gasteiger charge is -2.23. The lowest BCUT2D eigenvalue weighted by Crippen LogP contribution is -2.49. The number of nitrogens with one attached hydrogen (secondary N) is 11. The number of carbonyl (C=O) groups excluding carboxylic acids is 11. The fraction of sp³-hybridized carbons (Fsp3) is 0.744. The third-order valence-corrected chi connectivity index (χ3v) is 9.68. The van der Waals surface area contributed by atoms with Gasteiger partial charge in [0.05, 0.1) is 136 Å². The maximum atomic E-state index is 13.2. The maximum Gasteiger partial charge on any atom is 0.407 e. The van der Waals surface area contributed by atoms with Gasteiger partial charge in [0, 0.05) is 0 Å². The molecule has 0 atom stereocenters. The summed E-state index contributed by atoms with van der Waals surface area (Å²) >= 11 is 0. The molecule has 0 saturated heterocycles. The summed E-state index contributed by atoms with van der Waals surface area (Å²) < 4.78 is 54.4. The molecule has 0 bridgehead atoms. The summed E-state index contributed by atoms with van der Waals surface area (Å²) in [6, 6.07) is -5.42. The van der Waals surface area contributed by atoms with Crippen LogP contribution in [-0.4, -0.2) is 325 Å². The fourth-order valence-corrected chi connectivity index (χ4v) is 5.25. The van der Waals surface area contributed by atoms with Crippen LogP contribution in [-0.2, 0) is 52.1 Å². The van der Waals surface area contributed by atoms with E-state index < -0.39 is 274 Å². The molecule has 0 aromatic heterocycles. The lowest BCUT2D eigenvalue weighted by atomic mass is 10.3. The van der Waals surface area contributed by atoms with Crippen LogP contribution in [0.5, 0.6) is 0 Å². The highest BCUT2D eigenvalue weighted by molar-refractivity contribution is 5.72. The van der Waals surface area contributed by atoms with Gasteiger partial charge in [-0.25, -0.2) is 52.7 Å². The van der Waals surface area contributed by atoms with Crippen molar-refractivity contribution in [3.63, 3.8) is 0 Å². The van der Waals surface area contributed by atoms with Crippen LogP contribution in [0, 0.1) is 0 Å². The number of aliphatic hydroxyl groups excluding tert-OH is 10. The van der Waals surface area contributed by atoms with Gasteiger partial charge in [-0.1, -0.05) is 0 Å². The van der Waals surface area contributed by atoms with Crippen LogP contribution in [0.1, 0.15) is 0 Å². The summed E-state index contributed by atoms with van der Waals surface area (Å²) in [4.78, 5) is 136. The van der Waals surface area contributed by atoms with Crippen molar-refractivity contribution in [3.8, 4) is 0 Å². The van der Waals surface area contributed by atoms with Gasteiger partial charge in [-0.15, -0.1) is 0 Å². The Kier molecular flexibility index (Phi) is 44.1. The minimum absolute atomic E-state index is 0.516. The van der Waals surface area contributed by atoms with Crippen LogP contribution in [0.25, 0.3) is 0 Å². The number of hydrogen-bond donors (Lipinski definition) is 21. The van der Waals surface area contributed by atoms with E-state index in [1.807, 2.05) is 0 Å². The van der Waals surface area contributed by atoms with Gasteiger partial charge in [0.15, 0.2) is 0 Å². The van der Waals surface area contributed by atoms with Gasteiger partial charge in [-0.2, -0.15) is 0 Å². The molecule has 0 radical (unpaired) electrons. The van der Waals surface area contributed by atoms with Gasteiger partial charge < -0.3 is 162 Å². The monoisotopic (exact) mass is 1260 g/mol. The Labute approximate surface area is 487 Å². The van der Waals surface area contributed by atoms with Crippen molar-refractivity contribution in [2.45, 2.75) is 48.5 Å². The summed E-state index contributed by atoms with van der Waals surface area (Å²) in [6.45, 7) is -14.8. The number of amides is 11. The number of rotatable bonds is 42. The zero-order chi connectivity index (χ0) is 64.5. The van der Waals surface area contributed by atoms with E-state index in [0.29, 0.717) is 0 Å². The van der Waals surface area contributed by atoms with Crippen molar-refractivity contribution < 1.29 is 156 Å². The average Bonchev–Trinajstić information content (AvgIpc) is 3.58. The maximum absolute atomic E-state index is 13.2. The third-order valence-electron chi connectivity index (χ3n) is 9.68. The van der Waals surface area contributed by atoms with Crippen LogP contribution < -0.4 is 58.5 Å². The van der Waals surface area contributed by atoms with E-state index >= 15 is 0 Å². The highest BCUT2D eigenvalue weighted by atomic mass is 16.6. The molecule has 86 heavy (non-hydrogen) atoms. The Morgan fingerprint density at radius 1 is 0.221 bits per heavy atom. The van der Waals surface area contributed by atoms with Gasteiger partial charge in [-0.3, -0.25) is 0 Å². The second kappa shape index (κ2) is 48.9. The van der Waals surface area contributed by atoms with E-state index in [9.17, 15) is 63.0 Å². The van der Waals surface area contributed by atoms with E-state index in [0.717, 1.165) is 0 Å². The molecule has 0 unspecified atom stereocenters. The first kappa shape index (κ1) is 77.6. The van der Waals surface area contributed by atoms with Crippen LogP contribution in [0.4, 0.5) is 52.7 Å². The highest BCUT2D eigenvalue weighted by Crippen LogP contribution is 2.00. The standard InChI is InChI=1S/C43H77N11O32/c55-15-25(16-56)50-39(71)80-5-1-76-33(65)44-9-30(10-45-34(66)77-2-6-81-40(72)51-26(17-57)18-58)84-37(69)48-13-32(86-43(75)54-29(23-63)24-64)14-49-38(70)85-31(11-46-35(67)78-3-7-82-41(73)52-27(19-59)20-60)12-47-36(68)79-4-8-83-42(74)53-28(21-61)22-62/h25-32,55-64H,1-24H2,(H,44,65)(H,45,66)(H,46,67)(H,47,68)(H,48,69)(H,49,70)(H,50,71)(H,51,72)(H,52,73)(H,53,74)(H,54,75). The Bertz CT molecular complexity index is 1760. The Hall–Kier alpha value is -8.43. The largest absolute Gasteiger partial charge is 0.446 e. The molecular weight excluding hydrogens is 1180 g/mol. The fourth-order valence-electron chi connectivity index (χ4n) is 5.25. The van der Waals surface area contributed by atoms with Gasteiger partial charge in [0.1, 0.15) is 71.2 Å². The number of ether oxygens (including phenoxy) is 11. The topological polar surface area (TPSA) is 624 Å². The minimum atomic E-state index is -1.61. The van der Waals surface area contributed by atoms with Crippen molar-refractivity contribution in [3.05, 3.63) is 0 Å². The molecule has 43 nitrogen and oxygen atoms in total. The molecule has 0 fully saturated rings. The smallest absolute Gasteiger partial charge is 0.407 e. The molecule has 0 aromatic rings. The summed E-state index contributed by atoms with van der Waals surface area (Å²) in [5, 5.41) is 115. The number of carbonyl (C=O) groups is 11. The molecule has 0 heterocycles. The highest BCUT2D eigenvalue weighted by Gasteiger charge is 2.25.